The van der Waals surface area contributed by atoms with Gasteiger partial charge in [0.25, 0.3) is 0 Å². The predicted octanol–water partition coefficient (Wildman–Crippen LogP) is 3.74. The first-order chi connectivity index (χ1) is 6.18. The van der Waals surface area contributed by atoms with Crippen molar-refractivity contribution in [2.45, 2.75) is 38.5 Å². The summed E-state index contributed by atoms with van der Waals surface area (Å²) in [5, 5.41) is 0.833. The molecule has 0 atom stereocenters. The van der Waals surface area contributed by atoms with E-state index < -0.39 is 0 Å². The first kappa shape index (κ1) is 9.01. The van der Waals surface area contributed by atoms with Crippen molar-refractivity contribution in [2.24, 2.45) is 0 Å². The molecule has 1 nitrogen and oxygen atoms in total. The molecule has 1 aliphatic carbocycles. The molecule has 0 saturated heterocycles. The van der Waals surface area contributed by atoms with Gasteiger partial charge in [-0.3, -0.25) is 4.98 Å². The summed E-state index contributed by atoms with van der Waals surface area (Å²) in [5.41, 5.74) is 2.33. The third kappa shape index (κ3) is 1.86. The number of halogens is 1. The van der Waals surface area contributed by atoms with E-state index in [1.165, 1.54) is 18.4 Å². The monoisotopic (exact) mass is 195 g/mol. The average Bonchev–Trinajstić information content (AvgIpc) is 2.85. The van der Waals surface area contributed by atoms with Crippen molar-refractivity contribution in [1.29, 1.82) is 0 Å². The van der Waals surface area contributed by atoms with Gasteiger partial charge in [-0.1, -0.05) is 25.4 Å². The summed E-state index contributed by atoms with van der Waals surface area (Å²) in [5.74, 6) is 1.16. The summed E-state index contributed by atoms with van der Waals surface area (Å²) in [6.45, 7) is 4.23. The molecule has 1 aromatic rings. The summed E-state index contributed by atoms with van der Waals surface area (Å²) in [7, 11) is 0. The molecule has 1 heterocycles. The highest BCUT2D eigenvalue weighted by Crippen LogP contribution is 2.41. The van der Waals surface area contributed by atoms with Gasteiger partial charge in [0.1, 0.15) is 0 Å². The zero-order valence-corrected chi connectivity index (χ0v) is 8.80. The molecule has 13 heavy (non-hydrogen) atoms. The number of pyridine rings is 1. The highest BCUT2D eigenvalue weighted by molar-refractivity contribution is 6.31. The van der Waals surface area contributed by atoms with E-state index in [1.54, 1.807) is 0 Å². The Bertz CT molecular complexity index is 316. The standard InChI is InChI=1S/C11H14ClN/c1-7(2)11-10(12)5-9(6-13-11)8-3-4-8/h5-8H,3-4H2,1-2H3. The maximum atomic E-state index is 6.13. The molecule has 0 bridgehead atoms. The van der Waals surface area contributed by atoms with E-state index in [9.17, 15) is 0 Å². The lowest BCUT2D eigenvalue weighted by Crippen LogP contribution is -1.95. The summed E-state index contributed by atoms with van der Waals surface area (Å²) in [4.78, 5) is 4.41. The van der Waals surface area contributed by atoms with Gasteiger partial charge in [-0.15, -0.1) is 0 Å². The van der Waals surface area contributed by atoms with Crippen molar-refractivity contribution < 1.29 is 0 Å². The molecule has 0 N–H and O–H groups in total. The Hall–Kier alpha value is -0.560. The normalized spacial score (nSPS) is 16.6. The molecular weight excluding hydrogens is 182 g/mol. The fourth-order valence-electron chi connectivity index (χ4n) is 1.53. The van der Waals surface area contributed by atoms with Gasteiger partial charge in [-0.05, 0) is 36.3 Å². The minimum absolute atomic E-state index is 0.417. The van der Waals surface area contributed by atoms with Crippen LogP contribution in [0, 0.1) is 0 Å². The number of rotatable bonds is 2. The van der Waals surface area contributed by atoms with Gasteiger partial charge in [-0.2, -0.15) is 0 Å². The summed E-state index contributed by atoms with van der Waals surface area (Å²) >= 11 is 6.13. The van der Waals surface area contributed by atoms with E-state index in [2.05, 4.69) is 24.9 Å². The van der Waals surface area contributed by atoms with Crippen LogP contribution in [-0.2, 0) is 0 Å². The number of hydrogen-bond acceptors (Lipinski definition) is 1. The zero-order valence-electron chi connectivity index (χ0n) is 8.05. The van der Waals surface area contributed by atoms with Crippen LogP contribution in [0.15, 0.2) is 12.3 Å². The second-order valence-electron chi connectivity index (χ2n) is 4.06. The fraction of sp³-hybridized carbons (Fsp3) is 0.545. The molecule has 2 rings (SSSR count). The van der Waals surface area contributed by atoms with Crippen LogP contribution in [0.25, 0.3) is 0 Å². The molecule has 1 fully saturated rings. The van der Waals surface area contributed by atoms with E-state index >= 15 is 0 Å². The van der Waals surface area contributed by atoms with Gasteiger partial charge >= 0.3 is 0 Å². The van der Waals surface area contributed by atoms with Gasteiger partial charge in [-0.25, -0.2) is 0 Å². The van der Waals surface area contributed by atoms with Crippen molar-refractivity contribution in [2.75, 3.05) is 0 Å². The summed E-state index contributed by atoms with van der Waals surface area (Å²) in [6.07, 6.45) is 4.59. The fourth-order valence-corrected chi connectivity index (χ4v) is 1.92. The SMILES string of the molecule is CC(C)c1ncc(C2CC2)cc1Cl. The van der Waals surface area contributed by atoms with Gasteiger partial charge in [0.2, 0.25) is 0 Å². The minimum Gasteiger partial charge on any atom is -0.259 e. The second kappa shape index (κ2) is 3.30. The zero-order chi connectivity index (χ0) is 9.42. The number of hydrogen-bond donors (Lipinski definition) is 0. The molecule has 0 unspecified atom stereocenters. The molecule has 0 aliphatic heterocycles. The third-order valence-electron chi connectivity index (χ3n) is 2.49. The van der Waals surface area contributed by atoms with Crippen molar-refractivity contribution in [1.82, 2.24) is 4.98 Å². The highest BCUT2D eigenvalue weighted by Gasteiger charge is 2.24. The topological polar surface area (TPSA) is 12.9 Å². The van der Waals surface area contributed by atoms with Crippen molar-refractivity contribution in [3.05, 3.63) is 28.5 Å². The van der Waals surface area contributed by atoms with E-state index in [0.29, 0.717) is 5.92 Å². The van der Waals surface area contributed by atoms with E-state index in [0.717, 1.165) is 16.6 Å². The highest BCUT2D eigenvalue weighted by atomic mass is 35.5. The maximum absolute atomic E-state index is 6.13. The smallest absolute Gasteiger partial charge is 0.0626 e. The quantitative estimate of drug-likeness (QED) is 0.701. The Balaban J connectivity index is 2.31. The largest absolute Gasteiger partial charge is 0.259 e. The Morgan fingerprint density at radius 2 is 2.15 bits per heavy atom. The average molecular weight is 196 g/mol. The first-order valence-electron chi connectivity index (χ1n) is 4.84. The van der Waals surface area contributed by atoms with Gasteiger partial charge in [0.15, 0.2) is 0 Å². The van der Waals surface area contributed by atoms with Crippen molar-refractivity contribution in [3.63, 3.8) is 0 Å². The molecular formula is C11H14ClN. The Labute approximate surface area is 84.1 Å². The van der Waals surface area contributed by atoms with Crippen molar-refractivity contribution in [3.8, 4) is 0 Å². The van der Waals surface area contributed by atoms with Crippen LogP contribution in [-0.4, -0.2) is 4.98 Å². The molecule has 0 aromatic carbocycles. The molecule has 70 valence electrons. The van der Waals surface area contributed by atoms with E-state index in [-0.39, 0.29) is 0 Å². The number of nitrogens with zero attached hydrogens (tertiary/aromatic N) is 1. The van der Waals surface area contributed by atoms with E-state index in [1.807, 2.05) is 6.20 Å². The van der Waals surface area contributed by atoms with Gasteiger partial charge in [0, 0.05) is 6.20 Å². The second-order valence-corrected chi connectivity index (χ2v) is 4.47. The first-order valence-corrected chi connectivity index (χ1v) is 5.21. The van der Waals surface area contributed by atoms with Crippen molar-refractivity contribution >= 4 is 11.6 Å². The van der Waals surface area contributed by atoms with Crippen LogP contribution in [0.4, 0.5) is 0 Å². The Morgan fingerprint density at radius 3 is 2.62 bits per heavy atom. The summed E-state index contributed by atoms with van der Waals surface area (Å²) < 4.78 is 0. The van der Waals surface area contributed by atoms with E-state index in [4.69, 9.17) is 11.6 Å². The summed E-state index contributed by atoms with van der Waals surface area (Å²) in [6, 6.07) is 2.08. The lowest BCUT2D eigenvalue weighted by atomic mass is 10.1. The van der Waals surface area contributed by atoms with Gasteiger partial charge < -0.3 is 0 Å². The van der Waals surface area contributed by atoms with Crippen LogP contribution in [0.3, 0.4) is 0 Å². The minimum atomic E-state index is 0.417. The Kier molecular flexibility index (Phi) is 2.29. The predicted molar refractivity (Wildman–Crippen MR) is 55.3 cm³/mol. The molecule has 1 aromatic heterocycles. The van der Waals surface area contributed by atoms with Gasteiger partial charge in [0.05, 0.1) is 10.7 Å². The molecule has 2 heteroatoms. The molecule has 0 amide bonds. The molecule has 1 saturated carbocycles. The van der Waals surface area contributed by atoms with Crippen LogP contribution in [0.1, 0.15) is 49.8 Å². The molecule has 1 aliphatic rings. The molecule has 0 radical (unpaired) electrons. The number of aromatic nitrogens is 1. The lowest BCUT2D eigenvalue weighted by molar-refractivity contribution is 0.819. The maximum Gasteiger partial charge on any atom is 0.0626 e. The van der Waals surface area contributed by atoms with Crippen LogP contribution >= 0.6 is 11.6 Å². The molecule has 0 spiro atoms. The van der Waals surface area contributed by atoms with Crippen LogP contribution in [0.2, 0.25) is 5.02 Å². The Morgan fingerprint density at radius 1 is 1.46 bits per heavy atom. The van der Waals surface area contributed by atoms with Crippen LogP contribution < -0.4 is 0 Å². The van der Waals surface area contributed by atoms with Crippen LogP contribution in [0.5, 0.6) is 0 Å². The third-order valence-corrected chi connectivity index (χ3v) is 2.79. The lowest BCUT2D eigenvalue weighted by Gasteiger charge is -2.07.